The normalized spacial score (nSPS) is 16.8. The Morgan fingerprint density at radius 2 is 1.09 bits per heavy atom. The maximum atomic E-state index is 2.47. The molecule has 1 fully saturated rings. The first-order valence-corrected chi connectivity index (χ1v) is 12.4. The van der Waals surface area contributed by atoms with Crippen LogP contribution >= 0.6 is 0 Å². The first-order valence-electron chi connectivity index (χ1n) is 12.4. The Bertz CT molecular complexity index is 1040. The minimum absolute atomic E-state index is 0.122. The minimum atomic E-state index is 0.122. The molecule has 0 nitrogen and oxygen atoms in total. The molecule has 3 aromatic rings. The maximum absolute atomic E-state index is 2.47. The van der Waals surface area contributed by atoms with Crippen LogP contribution in [-0.4, -0.2) is 0 Å². The second kappa shape index (κ2) is 8.54. The van der Waals surface area contributed by atoms with Gasteiger partial charge in [-0.2, -0.15) is 0 Å². The van der Waals surface area contributed by atoms with Gasteiger partial charge in [-0.05, 0) is 111 Å². The van der Waals surface area contributed by atoms with Crippen LogP contribution in [0.1, 0.15) is 84.0 Å². The quantitative estimate of drug-likeness (QED) is 0.393. The summed E-state index contributed by atoms with van der Waals surface area (Å²) in [4.78, 5) is 0. The molecule has 168 valence electrons. The van der Waals surface area contributed by atoms with Crippen molar-refractivity contribution in [1.82, 2.24) is 0 Å². The van der Waals surface area contributed by atoms with Crippen LogP contribution < -0.4 is 0 Å². The molecule has 0 radical (unpaired) electrons. The van der Waals surface area contributed by atoms with Crippen molar-refractivity contribution in [1.29, 1.82) is 0 Å². The van der Waals surface area contributed by atoms with Gasteiger partial charge in [-0.15, -0.1) is 0 Å². The molecule has 32 heavy (non-hydrogen) atoms. The van der Waals surface area contributed by atoms with Crippen molar-refractivity contribution < 1.29 is 0 Å². The summed E-state index contributed by atoms with van der Waals surface area (Å²) in [5.74, 6) is 0.705. The highest BCUT2D eigenvalue weighted by molar-refractivity contribution is 5.46. The number of aryl methyl sites for hydroxylation is 5. The third kappa shape index (κ3) is 4.05. The lowest BCUT2D eigenvalue weighted by Crippen LogP contribution is -2.39. The number of benzene rings is 3. The molecule has 0 saturated heterocycles. The van der Waals surface area contributed by atoms with E-state index in [1.54, 1.807) is 0 Å². The summed E-state index contributed by atoms with van der Waals surface area (Å²) < 4.78 is 0. The van der Waals surface area contributed by atoms with Gasteiger partial charge in [-0.3, -0.25) is 0 Å². The second-order valence-corrected chi connectivity index (χ2v) is 11.0. The van der Waals surface area contributed by atoms with E-state index in [2.05, 4.69) is 109 Å². The Morgan fingerprint density at radius 3 is 1.53 bits per heavy atom. The van der Waals surface area contributed by atoms with Crippen molar-refractivity contribution in [2.75, 3.05) is 0 Å². The van der Waals surface area contributed by atoms with Gasteiger partial charge in [0.2, 0.25) is 0 Å². The molecule has 0 atom stereocenters. The van der Waals surface area contributed by atoms with Crippen molar-refractivity contribution in [2.45, 2.75) is 85.0 Å². The molecule has 0 heterocycles. The molecule has 0 bridgehead atoms. The van der Waals surface area contributed by atoms with Crippen LogP contribution in [-0.2, 0) is 10.8 Å². The van der Waals surface area contributed by atoms with Crippen molar-refractivity contribution in [2.24, 2.45) is 5.92 Å². The lowest BCUT2D eigenvalue weighted by Gasteiger charge is -2.46. The first kappa shape index (κ1) is 22.8. The molecule has 1 aliphatic rings. The van der Waals surface area contributed by atoms with E-state index in [1.165, 1.54) is 70.2 Å². The smallest absolute Gasteiger partial charge is 0.0203 e. The van der Waals surface area contributed by atoms with Gasteiger partial charge in [-0.25, -0.2) is 0 Å². The fourth-order valence-electron chi connectivity index (χ4n) is 5.87. The van der Waals surface area contributed by atoms with Crippen LogP contribution in [0.5, 0.6) is 0 Å². The summed E-state index contributed by atoms with van der Waals surface area (Å²) in [7, 11) is 0. The highest BCUT2D eigenvalue weighted by Crippen LogP contribution is 2.51. The van der Waals surface area contributed by atoms with E-state index >= 15 is 0 Å². The molecule has 0 N–H and O–H groups in total. The van der Waals surface area contributed by atoms with Gasteiger partial charge in [0.15, 0.2) is 0 Å². The molecule has 3 aromatic carbocycles. The second-order valence-electron chi connectivity index (χ2n) is 11.0. The van der Waals surface area contributed by atoms with Gasteiger partial charge < -0.3 is 0 Å². The van der Waals surface area contributed by atoms with Crippen LogP contribution in [0, 0.1) is 40.5 Å². The zero-order chi connectivity index (χ0) is 23.1. The SMILES string of the molecule is Cc1ccc(C(C)(C)C2CCC(c3ccc(C)c(C)c3)(c3ccc(C)c(C)c3)CC2)cc1. The molecule has 0 aliphatic heterocycles. The van der Waals surface area contributed by atoms with Crippen LogP contribution in [0.4, 0.5) is 0 Å². The van der Waals surface area contributed by atoms with E-state index in [1.807, 2.05) is 0 Å². The average molecular weight is 425 g/mol. The highest BCUT2D eigenvalue weighted by Gasteiger charge is 2.43. The molecule has 4 rings (SSSR count). The van der Waals surface area contributed by atoms with Crippen LogP contribution in [0.2, 0.25) is 0 Å². The topological polar surface area (TPSA) is 0 Å². The summed E-state index contributed by atoms with van der Waals surface area (Å²) in [6.07, 6.45) is 4.97. The molecule has 0 amide bonds. The van der Waals surface area contributed by atoms with Gasteiger partial charge in [-0.1, -0.05) is 80.1 Å². The fraction of sp³-hybridized carbons (Fsp3) is 0.438. The molecular formula is C32H40. The van der Waals surface area contributed by atoms with E-state index in [9.17, 15) is 0 Å². The fourth-order valence-corrected chi connectivity index (χ4v) is 5.87. The van der Waals surface area contributed by atoms with E-state index in [-0.39, 0.29) is 10.8 Å². The van der Waals surface area contributed by atoms with Crippen LogP contribution in [0.3, 0.4) is 0 Å². The van der Waals surface area contributed by atoms with E-state index in [0.717, 1.165) is 0 Å². The highest BCUT2D eigenvalue weighted by atomic mass is 14.5. The Kier molecular flexibility index (Phi) is 6.10. The monoisotopic (exact) mass is 424 g/mol. The molecule has 0 heteroatoms. The lowest BCUT2D eigenvalue weighted by molar-refractivity contribution is 0.189. The van der Waals surface area contributed by atoms with E-state index < -0.39 is 0 Å². The summed E-state index contributed by atoms with van der Waals surface area (Å²) in [5, 5.41) is 0. The number of rotatable bonds is 4. The molecule has 1 saturated carbocycles. The largest absolute Gasteiger partial charge is 0.0590 e. The third-order valence-electron chi connectivity index (χ3n) is 8.77. The molecule has 1 aliphatic carbocycles. The standard InChI is InChI=1S/C32H40/c1-22-8-12-27(13-9-22)31(6,7)28-16-18-32(19-17-28,29-14-10-23(2)25(4)20-29)30-15-11-24(3)26(5)21-30/h8-15,20-21,28H,16-19H2,1-7H3. The molecule has 0 aromatic heterocycles. The van der Waals surface area contributed by atoms with Gasteiger partial charge in [0, 0.05) is 5.41 Å². The zero-order valence-electron chi connectivity index (χ0n) is 21.2. The van der Waals surface area contributed by atoms with Gasteiger partial charge in [0.1, 0.15) is 0 Å². The molecular weight excluding hydrogens is 384 g/mol. The predicted octanol–water partition coefficient (Wildman–Crippen LogP) is 8.68. The first-order chi connectivity index (χ1) is 15.1. The Labute approximate surface area is 196 Å². The number of hydrogen-bond acceptors (Lipinski definition) is 0. The predicted molar refractivity (Wildman–Crippen MR) is 139 cm³/mol. The summed E-state index contributed by atoms with van der Waals surface area (Å²) in [5.41, 5.74) is 11.8. The Balaban J connectivity index is 1.71. The van der Waals surface area contributed by atoms with Crippen molar-refractivity contribution in [3.8, 4) is 0 Å². The Hall–Kier alpha value is -2.34. The zero-order valence-corrected chi connectivity index (χ0v) is 21.2. The van der Waals surface area contributed by atoms with Crippen LogP contribution in [0.15, 0.2) is 60.7 Å². The van der Waals surface area contributed by atoms with Gasteiger partial charge in [0.25, 0.3) is 0 Å². The summed E-state index contributed by atoms with van der Waals surface area (Å²) in [6, 6.07) is 23.7. The third-order valence-corrected chi connectivity index (χ3v) is 8.77. The van der Waals surface area contributed by atoms with Gasteiger partial charge in [0.05, 0.1) is 0 Å². The van der Waals surface area contributed by atoms with Crippen LogP contribution in [0.25, 0.3) is 0 Å². The number of hydrogen-bond donors (Lipinski definition) is 0. The van der Waals surface area contributed by atoms with Crippen molar-refractivity contribution >= 4 is 0 Å². The lowest BCUT2D eigenvalue weighted by atomic mass is 9.57. The van der Waals surface area contributed by atoms with E-state index in [4.69, 9.17) is 0 Å². The molecule has 0 unspecified atom stereocenters. The Morgan fingerprint density at radius 1 is 0.625 bits per heavy atom. The summed E-state index contributed by atoms with van der Waals surface area (Å²) >= 11 is 0. The summed E-state index contributed by atoms with van der Waals surface area (Å²) in [6.45, 7) is 16.1. The maximum Gasteiger partial charge on any atom is 0.0203 e. The van der Waals surface area contributed by atoms with E-state index in [0.29, 0.717) is 5.92 Å². The molecule has 0 spiro atoms. The van der Waals surface area contributed by atoms with Crippen molar-refractivity contribution in [3.05, 3.63) is 105 Å². The van der Waals surface area contributed by atoms with Gasteiger partial charge >= 0.3 is 0 Å². The minimum Gasteiger partial charge on any atom is -0.0590 e. The van der Waals surface area contributed by atoms with Crippen molar-refractivity contribution in [3.63, 3.8) is 0 Å². The average Bonchev–Trinajstić information content (AvgIpc) is 2.78.